The summed E-state index contributed by atoms with van der Waals surface area (Å²) in [6.45, 7) is 0. The highest BCUT2D eigenvalue weighted by Gasteiger charge is 2.20. The van der Waals surface area contributed by atoms with Gasteiger partial charge >= 0.3 is 0 Å². The van der Waals surface area contributed by atoms with Crippen LogP contribution in [0, 0.1) is 5.82 Å². The molecule has 0 aliphatic rings. The van der Waals surface area contributed by atoms with Gasteiger partial charge in [-0.2, -0.15) is 5.10 Å². The van der Waals surface area contributed by atoms with E-state index in [4.69, 9.17) is 5.14 Å². The average molecular weight is 446 g/mol. The summed E-state index contributed by atoms with van der Waals surface area (Å²) in [6, 6.07) is 11.0. The zero-order valence-electron chi connectivity index (χ0n) is 12.9. The lowest BCUT2D eigenvalue weighted by molar-refractivity contribution is 0.145. The largest absolute Gasteiger partial charge is 0.282 e. The lowest BCUT2D eigenvalue weighted by Crippen LogP contribution is -2.14. The average Bonchev–Trinajstić information content (AvgIpc) is 2.99. The summed E-state index contributed by atoms with van der Waals surface area (Å²) in [6.07, 6.45) is -2.82. The topological polar surface area (TPSA) is 78.0 Å². The van der Waals surface area contributed by atoms with Crippen LogP contribution in [-0.2, 0) is 10.0 Å². The van der Waals surface area contributed by atoms with E-state index < -0.39 is 32.9 Å². The van der Waals surface area contributed by atoms with Gasteiger partial charge in [0.25, 0.3) is 6.43 Å². The number of rotatable bonds is 4. The van der Waals surface area contributed by atoms with Gasteiger partial charge in [0.2, 0.25) is 10.0 Å². The Morgan fingerprint density at radius 1 is 1.12 bits per heavy atom. The lowest BCUT2D eigenvalue weighted by atomic mass is 10.1. The maximum Gasteiger partial charge on any atom is 0.282 e. The molecule has 10 heteroatoms. The molecular weight excluding hydrogens is 435 g/mol. The molecule has 0 bridgehead atoms. The highest BCUT2D eigenvalue weighted by Crippen LogP contribution is 2.30. The third-order valence-corrected chi connectivity index (χ3v) is 4.98. The smallest absolute Gasteiger partial charge is 0.233 e. The van der Waals surface area contributed by atoms with Crippen LogP contribution in [0.15, 0.2) is 57.9 Å². The molecule has 2 aromatic carbocycles. The van der Waals surface area contributed by atoms with Crippen molar-refractivity contribution in [1.29, 1.82) is 0 Å². The van der Waals surface area contributed by atoms with Gasteiger partial charge in [-0.1, -0.05) is 28.1 Å². The van der Waals surface area contributed by atoms with Gasteiger partial charge < -0.3 is 0 Å². The molecule has 3 aromatic rings. The predicted octanol–water partition coefficient (Wildman–Crippen LogP) is 4.03. The van der Waals surface area contributed by atoms with Crippen molar-refractivity contribution in [3.8, 4) is 16.9 Å². The Balaban J connectivity index is 2.20. The molecule has 0 atom stereocenters. The van der Waals surface area contributed by atoms with Crippen molar-refractivity contribution >= 4 is 26.0 Å². The normalized spacial score (nSPS) is 11.9. The minimum atomic E-state index is -4.23. The molecule has 26 heavy (non-hydrogen) atoms. The van der Waals surface area contributed by atoms with Gasteiger partial charge in [0, 0.05) is 10.0 Å². The molecule has 0 saturated carbocycles. The molecular formula is C16H11BrF3N3O2S. The molecule has 0 saturated heterocycles. The molecule has 1 aromatic heterocycles. The summed E-state index contributed by atoms with van der Waals surface area (Å²) >= 11 is 3.29. The second-order valence-electron chi connectivity index (χ2n) is 5.34. The van der Waals surface area contributed by atoms with Crippen LogP contribution in [0.5, 0.6) is 0 Å². The van der Waals surface area contributed by atoms with Crippen LogP contribution < -0.4 is 5.14 Å². The Morgan fingerprint density at radius 2 is 1.85 bits per heavy atom. The van der Waals surface area contributed by atoms with Crippen LogP contribution in [0.3, 0.4) is 0 Å². The number of nitrogens with two attached hydrogens (primary N) is 1. The molecule has 0 spiro atoms. The number of sulfonamides is 1. The lowest BCUT2D eigenvalue weighted by Gasteiger charge is -2.09. The Bertz CT molecular complexity index is 1080. The minimum Gasteiger partial charge on any atom is -0.233 e. The van der Waals surface area contributed by atoms with E-state index in [0.717, 1.165) is 18.2 Å². The molecule has 0 amide bonds. The first-order valence-electron chi connectivity index (χ1n) is 7.13. The molecule has 5 nitrogen and oxygen atoms in total. The van der Waals surface area contributed by atoms with Crippen LogP contribution in [0.1, 0.15) is 12.1 Å². The van der Waals surface area contributed by atoms with E-state index in [0.29, 0.717) is 10.2 Å². The number of benzene rings is 2. The number of nitrogens with zero attached hydrogens (tertiary/aromatic N) is 2. The van der Waals surface area contributed by atoms with Gasteiger partial charge in [0.05, 0.1) is 11.4 Å². The molecule has 0 aliphatic heterocycles. The standard InChI is InChI=1S/C16H11BrF3N3O2S/c17-10-2-1-3-11(7-10)23-14(8-13(22-23)16(19)20)9-4-5-15(12(18)6-9)26(21,24)25/h1-8,16H,(H2,21,24,25). The number of aromatic nitrogens is 2. The van der Waals surface area contributed by atoms with Crippen LogP contribution in [-0.4, -0.2) is 18.2 Å². The first-order chi connectivity index (χ1) is 12.2. The van der Waals surface area contributed by atoms with Crippen molar-refractivity contribution in [1.82, 2.24) is 9.78 Å². The summed E-state index contributed by atoms with van der Waals surface area (Å²) in [5.41, 5.74) is 0.334. The first kappa shape index (κ1) is 18.6. The third-order valence-electron chi connectivity index (χ3n) is 3.54. The maximum atomic E-state index is 14.2. The summed E-state index contributed by atoms with van der Waals surface area (Å²) in [5, 5.41) is 8.82. The molecule has 0 aliphatic carbocycles. The number of hydrogen-bond acceptors (Lipinski definition) is 3. The molecule has 1 heterocycles. The second-order valence-corrected chi connectivity index (χ2v) is 7.78. The van der Waals surface area contributed by atoms with E-state index in [-0.39, 0.29) is 11.3 Å². The molecule has 0 fully saturated rings. The summed E-state index contributed by atoms with van der Waals surface area (Å²) in [4.78, 5) is -0.677. The highest BCUT2D eigenvalue weighted by molar-refractivity contribution is 9.10. The van der Waals surface area contributed by atoms with Crippen LogP contribution in [0.25, 0.3) is 16.9 Å². The Morgan fingerprint density at radius 3 is 2.42 bits per heavy atom. The van der Waals surface area contributed by atoms with Crippen molar-refractivity contribution in [2.24, 2.45) is 5.14 Å². The van der Waals surface area contributed by atoms with E-state index in [2.05, 4.69) is 21.0 Å². The molecule has 2 N–H and O–H groups in total. The zero-order valence-corrected chi connectivity index (χ0v) is 15.3. The first-order valence-corrected chi connectivity index (χ1v) is 9.47. The van der Waals surface area contributed by atoms with Crippen molar-refractivity contribution < 1.29 is 21.6 Å². The van der Waals surface area contributed by atoms with Crippen molar-refractivity contribution in [3.05, 3.63) is 64.5 Å². The number of halogens is 4. The molecule has 0 radical (unpaired) electrons. The Kier molecular flexibility index (Phi) is 4.91. The van der Waals surface area contributed by atoms with Crippen LogP contribution in [0.2, 0.25) is 0 Å². The fourth-order valence-electron chi connectivity index (χ4n) is 2.41. The summed E-state index contributed by atoms with van der Waals surface area (Å²) in [7, 11) is -4.23. The molecule has 0 unspecified atom stereocenters. The zero-order chi connectivity index (χ0) is 19.1. The van der Waals surface area contributed by atoms with Crippen molar-refractivity contribution in [3.63, 3.8) is 0 Å². The minimum absolute atomic E-state index is 0.175. The van der Waals surface area contributed by atoms with Crippen LogP contribution >= 0.6 is 15.9 Å². The van der Waals surface area contributed by atoms with E-state index in [1.54, 1.807) is 24.3 Å². The summed E-state index contributed by atoms with van der Waals surface area (Å²) in [5.74, 6) is -1.08. The predicted molar refractivity (Wildman–Crippen MR) is 93.0 cm³/mol. The quantitative estimate of drug-likeness (QED) is 0.658. The second kappa shape index (κ2) is 6.86. The third kappa shape index (κ3) is 3.67. The molecule has 136 valence electrons. The van der Waals surface area contributed by atoms with Crippen molar-refractivity contribution in [2.45, 2.75) is 11.3 Å². The van der Waals surface area contributed by atoms with Crippen LogP contribution in [0.4, 0.5) is 13.2 Å². The van der Waals surface area contributed by atoms with Gasteiger partial charge in [-0.15, -0.1) is 0 Å². The van der Waals surface area contributed by atoms with Crippen molar-refractivity contribution in [2.75, 3.05) is 0 Å². The van der Waals surface area contributed by atoms with Gasteiger partial charge in [-0.25, -0.2) is 31.4 Å². The van der Waals surface area contributed by atoms with E-state index in [9.17, 15) is 21.6 Å². The Labute approximate surface area is 155 Å². The van der Waals surface area contributed by atoms with E-state index in [1.807, 2.05) is 0 Å². The fourth-order valence-corrected chi connectivity index (χ4v) is 3.38. The van der Waals surface area contributed by atoms with Gasteiger partial charge in [0.1, 0.15) is 16.4 Å². The number of hydrogen-bond donors (Lipinski definition) is 1. The SMILES string of the molecule is NS(=O)(=O)c1ccc(-c2cc(C(F)F)nn2-c2cccc(Br)c2)cc1F. The number of alkyl halides is 2. The van der Waals surface area contributed by atoms with Gasteiger partial charge in [-0.05, 0) is 36.4 Å². The Hall–Kier alpha value is -2.17. The number of primary sulfonamides is 1. The van der Waals surface area contributed by atoms with Gasteiger partial charge in [0.15, 0.2) is 0 Å². The highest BCUT2D eigenvalue weighted by atomic mass is 79.9. The maximum absolute atomic E-state index is 14.2. The monoisotopic (exact) mass is 445 g/mol. The van der Waals surface area contributed by atoms with Gasteiger partial charge in [-0.3, -0.25) is 0 Å². The molecule has 3 rings (SSSR count). The van der Waals surface area contributed by atoms with E-state index in [1.165, 1.54) is 10.7 Å². The van der Waals surface area contributed by atoms with E-state index >= 15 is 0 Å². The fraction of sp³-hybridized carbons (Fsp3) is 0.0625. The summed E-state index contributed by atoms with van der Waals surface area (Å²) < 4.78 is 65.0.